The minimum absolute atomic E-state index is 0.726. The number of nitrogens with one attached hydrogen (secondary N) is 1. The van der Waals surface area contributed by atoms with Gasteiger partial charge in [0.25, 0.3) is 0 Å². The maximum atomic E-state index is 6.20. The van der Waals surface area contributed by atoms with Gasteiger partial charge in [0.15, 0.2) is 0 Å². The Morgan fingerprint density at radius 1 is 1.22 bits per heavy atom. The first kappa shape index (κ1) is 15.0. The smallest absolute Gasteiger partial charge is 0.133 e. The van der Waals surface area contributed by atoms with Crippen LogP contribution in [0.5, 0.6) is 0 Å². The van der Waals surface area contributed by atoms with Gasteiger partial charge in [-0.25, -0.2) is 4.68 Å². The van der Waals surface area contributed by atoms with E-state index in [1.54, 1.807) is 0 Å². The van der Waals surface area contributed by atoms with Crippen molar-refractivity contribution in [3.8, 4) is 16.9 Å². The molecule has 0 unspecified atom stereocenters. The molecule has 0 saturated heterocycles. The molecule has 2 aromatic carbocycles. The summed E-state index contributed by atoms with van der Waals surface area (Å²) in [4.78, 5) is 0. The van der Waals surface area contributed by atoms with Crippen molar-refractivity contribution >= 4 is 40.0 Å². The van der Waals surface area contributed by atoms with Crippen LogP contribution in [0.3, 0.4) is 0 Å². The van der Waals surface area contributed by atoms with Crippen molar-refractivity contribution in [3.05, 3.63) is 62.2 Å². The molecule has 0 saturated carbocycles. The molecule has 0 spiro atoms. The van der Waals surface area contributed by atoms with Gasteiger partial charge in [0.05, 0.1) is 11.4 Å². The minimum atomic E-state index is 0.726. The molecule has 0 atom stereocenters. The van der Waals surface area contributed by atoms with E-state index < -0.39 is 0 Å². The normalized spacial score (nSPS) is 13.0. The van der Waals surface area contributed by atoms with E-state index in [0.717, 1.165) is 46.3 Å². The van der Waals surface area contributed by atoms with Crippen LogP contribution >= 0.6 is 34.2 Å². The van der Waals surface area contributed by atoms with Gasteiger partial charge in [-0.3, -0.25) is 0 Å². The molecule has 0 aliphatic carbocycles. The van der Waals surface area contributed by atoms with Crippen LogP contribution in [0.4, 0.5) is 5.82 Å². The van der Waals surface area contributed by atoms with Crippen LogP contribution in [-0.4, -0.2) is 16.3 Å². The summed E-state index contributed by atoms with van der Waals surface area (Å²) in [5.74, 6) is 1.09. The van der Waals surface area contributed by atoms with Crippen LogP contribution in [-0.2, 0) is 6.42 Å². The molecule has 5 heteroatoms. The lowest BCUT2D eigenvalue weighted by Crippen LogP contribution is -2.05. The third-order valence-electron chi connectivity index (χ3n) is 4.15. The zero-order valence-electron chi connectivity index (χ0n) is 12.6. The Bertz CT molecular complexity index is 901. The Labute approximate surface area is 153 Å². The highest BCUT2D eigenvalue weighted by Crippen LogP contribution is 2.36. The van der Waals surface area contributed by atoms with E-state index in [1.807, 2.05) is 22.9 Å². The highest BCUT2D eigenvalue weighted by Gasteiger charge is 2.24. The quantitative estimate of drug-likeness (QED) is 0.569. The molecule has 0 bridgehead atoms. The van der Waals surface area contributed by atoms with Crippen LogP contribution in [0.1, 0.15) is 11.1 Å². The predicted molar refractivity (Wildman–Crippen MR) is 104 cm³/mol. The second kappa shape index (κ2) is 5.83. The summed E-state index contributed by atoms with van der Waals surface area (Å²) in [6, 6.07) is 14.4. The topological polar surface area (TPSA) is 29.9 Å². The highest BCUT2D eigenvalue weighted by molar-refractivity contribution is 14.1. The van der Waals surface area contributed by atoms with Crippen molar-refractivity contribution < 1.29 is 0 Å². The predicted octanol–water partition coefficient (Wildman–Crippen LogP) is 5.07. The number of fused-ring (bicyclic) bond motifs is 1. The molecule has 1 N–H and O–H groups in total. The van der Waals surface area contributed by atoms with Gasteiger partial charge < -0.3 is 5.32 Å². The summed E-state index contributed by atoms with van der Waals surface area (Å²) in [7, 11) is 0. The third-order valence-corrected chi connectivity index (χ3v) is 5.05. The van der Waals surface area contributed by atoms with Gasteiger partial charge in [0, 0.05) is 26.3 Å². The molecule has 1 aliphatic rings. The second-order valence-electron chi connectivity index (χ2n) is 5.71. The van der Waals surface area contributed by atoms with Crippen molar-refractivity contribution in [2.45, 2.75) is 13.3 Å². The minimum Gasteiger partial charge on any atom is -0.369 e. The fraction of sp³-hybridized carbons (Fsp3) is 0.167. The fourth-order valence-electron chi connectivity index (χ4n) is 3.03. The molecule has 23 heavy (non-hydrogen) atoms. The van der Waals surface area contributed by atoms with Gasteiger partial charge in [-0.2, -0.15) is 5.10 Å². The summed E-state index contributed by atoms with van der Waals surface area (Å²) in [6.07, 6.45) is 0.996. The van der Waals surface area contributed by atoms with E-state index in [2.05, 4.69) is 59.1 Å². The van der Waals surface area contributed by atoms with Crippen molar-refractivity contribution in [1.29, 1.82) is 0 Å². The number of aromatic nitrogens is 2. The molecule has 0 amide bonds. The zero-order valence-corrected chi connectivity index (χ0v) is 15.5. The van der Waals surface area contributed by atoms with E-state index in [9.17, 15) is 0 Å². The Hall–Kier alpha value is -1.53. The number of nitrogens with zero attached hydrogens (tertiary/aromatic N) is 2. The standard InChI is InChI=1S/C18H15ClIN3/c1-11-5-6-13(19)10-16(11)23-18-15(7-8-21-18)17(22-23)12-3-2-4-14(20)9-12/h2-6,9-10,21H,7-8H2,1H3. The first-order chi connectivity index (χ1) is 11.1. The number of hydrogen-bond acceptors (Lipinski definition) is 2. The summed E-state index contributed by atoms with van der Waals surface area (Å²) < 4.78 is 3.21. The average Bonchev–Trinajstić information content (AvgIpc) is 3.12. The lowest BCUT2D eigenvalue weighted by molar-refractivity contribution is 0.875. The fourth-order valence-corrected chi connectivity index (χ4v) is 3.74. The molecule has 1 aliphatic heterocycles. The van der Waals surface area contributed by atoms with Crippen LogP contribution in [0.15, 0.2) is 42.5 Å². The molecule has 0 fully saturated rings. The first-order valence-corrected chi connectivity index (χ1v) is 8.97. The number of hydrogen-bond donors (Lipinski definition) is 1. The van der Waals surface area contributed by atoms with Gasteiger partial charge in [0.2, 0.25) is 0 Å². The molecule has 3 aromatic rings. The molecule has 0 radical (unpaired) electrons. The van der Waals surface area contributed by atoms with E-state index in [4.69, 9.17) is 16.7 Å². The Morgan fingerprint density at radius 3 is 2.91 bits per heavy atom. The van der Waals surface area contributed by atoms with Gasteiger partial charge >= 0.3 is 0 Å². The molecule has 4 rings (SSSR count). The summed E-state index contributed by atoms with van der Waals surface area (Å²) in [6.45, 7) is 3.03. The molecule has 116 valence electrons. The van der Waals surface area contributed by atoms with Gasteiger partial charge in [-0.1, -0.05) is 29.8 Å². The van der Waals surface area contributed by atoms with Gasteiger partial charge in [-0.05, 0) is 65.8 Å². The Morgan fingerprint density at radius 2 is 2.09 bits per heavy atom. The summed E-state index contributed by atoms with van der Waals surface area (Å²) in [5.41, 5.74) is 5.69. The van der Waals surface area contributed by atoms with Crippen LogP contribution < -0.4 is 5.32 Å². The average molecular weight is 436 g/mol. The van der Waals surface area contributed by atoms with Crippen LogP contribution in [0.25, 0.3) is 16.9 Å². The third kappa shape index (κ3) is 2.64. The van der Waals surface area contributed by atoms with Crippen molar-refractivity contribution in [2.24, 2.45) is 0 Å². The Kier molecular flexibility index (Phi) is 3.81. The number of aryl methyl sites for hydroxylation is 1. The zero-order chi connectivity index (χ0) is 16.0. The van der Waals surface area contributed by atoms with Gasteiger partial charge in [0.1, 0.15) is 5.82 Å². The highest BCUT2D eigenvalue weighted by atomic mass is 127. The van der Waals surface area contributed by atoms with E-state index in [1.165, 1.54) is 9.13 Å². The molecule has 2 heterocycles. The SMILES string of the molecule is Cc1ccc(Cl)cc1-n1nc(-c2cccc(I)c2)c2c1NCC2. The monoisotopic (exact) mass is 435 g/mol. The van der Waals surface area contributed by atoms with E-state index in [0.29, 0.717) is 0 Å². The molecule has 1 aromatic heterocycles. The lowest BCUT2D eigenvalue weighted by atomic mass is 10.1. The molecular formula is C18H15ClIN3. The summed E-state index contributed by atoms with van der Waals surface area (Å²) >= 11 is 8.54. The van der Waals surface area contributed by atoms with Crippen molar-refractivity contribution in [3.63, 3.8) is 0 Å². The summed E-state index contributed by atoms with van der Waals surface area (Å²) in [5, 5.41) is 9.11. The van der Waals surface area contributed by atoms with Crippen LogP contribution in [0.2, 0.25) is 5.02 Å². The number of anilines is 1. The largest absolute Gasteiger partial charge is 0.369 e. The number of halogens is 2. The lowest BCUT2D eigenvalue weighted by Gasteiger charge is -2.10. The van der Waals surface area contributed by atoms with E-state index >= 15 is 0 Å². The van der Waals surface area contributed by atoms with Crippen molar-refractivity contribution in [2.75, 3.05) is 11.9 Å². The van der Waals surface area contributed by atoms with Gasteiger partial charge in [-0.15, -0.1) is 0 Å². The van der Waals surface area contributed by atoms with E-state index in [-0.39, 0.29) is 0 Å². The number of benzene rings is 2. The molecule has 3 nitrogen and oxygen atoms in total. The number of rotatable bonds is 2. The van der Waals surface area contributed by atoms with Crippen LogP contribution in [0, 0.1) is 10.5 Å². The maximum absolute atomic E-state index is 6.20. The van der Waals surface area contributed by atoms with Crippen molar-refractivity contribution in [1.82, 2.24) is 9.78 Å². The second-order valence-corrected chi connectivity index (χ2v) is 7.39. The maximum Gasteiger partial charge on any atom is 0.133 e. The Balaban J connectivity index is 1.93. The molecular weight excluding hydrogens is 421 g/mol. The first-order valence-electron chi connectivity index (χ1n) is 7.52.